The number of amides is 1. The van der Waals surface area contributed by atoms with E-state index in [2.05, 4.69) is 76.4 Å². The summed E-state index contributed by atoms with van der Waals surface area (Å²) in [6.45, 7) is 9.94. The number of fused-ring (bicyclic) bond motifs is 1. The molecule has 0 bridgehead atoms. The summed E-state index contributed by atoms with van der Waals surface area (Å²) in [5.41, 5.74) is 5.99. The van der Waals surface area contributed by atoms with E-state index in [4.69, 9.17) is 4.98 Å². The lowest BCUT2D eigenvalue weighted by molar-refractivity contribution is -0.125. The molecule has 0 spiro atoms. The first-order valence-corrected chi connectivity index (χ1v) is 12.3. The van der Waals surface area contributed by atoms with Gasteiger partial charge >= 0.3 is 0 Å². The van der Waals surface area contributed by atoms with Crippen molar-refractivity contribution < 1.29 is 4.79 Å². The Labute approximate surface area is 196 Å². The molecule has 2 aromatic carbocycles. The molecule has 6 nitrogen and oxygen atoms in total. The van der Waals surface area contributed by atoms with E-state index in [1.54, 1.807) is 0 Å². The van der Waals surface area contributed by atoms with Crippen molar-refractivity contribution in [3.8, 4) is 0 Å². The molecule has 174 valence electrons. The number of likely N-dealkylation sites (tertiary alicyclic amines) is 1. The standard InChI is InChI=1S/C27H35N5O/c1-19-3-6-21(7-4-19)17-31-12-9-22(18-31)16-28-26(33)23-10-13-32(14-11-23)27-29-24-8-5-20(2)15-25(24)30-27/h3-8,15,22-23H,9-14,16-18H2,1-2H3,(H,28,33)(H,29,30)/t22-/m0/s1. The second-order valence-electron chi connectivity index (χ2n) is 9.96. The van der Waals surface area contributed by atoms with Crippen LogP contribution in [0.2, 0.25) is 0 Å². The maximum Gasteiger partial charge on any atom is 0.223 e. The highest BCUT2D eigenvalue weighted by atomic mass is 16.1. The molecule has 1 amide bonds. The average molecular weight is 446 g/mol. The molecule has 2 aliphatic heterocycles. The molecule has 1 atom stereocenters. The van der Waals surface area contributed by atoms with Crippen LogP contribution in [0.1, 0.15) is 36.0 Å². The molecule has 6 heteroatoms. The van der Waals surface area contributed by atoms with Gasteiger partial charge in [-0.2, -0.15) is 0 Å². The highest BCUT2D eigenvalue weighted by molar-refractivity contribution is 5.80. The Morgan fingerprint density at radius 3 is 2.58 bits per heavy atom. The van der Waals surface area contributed by atoms with Crippen molar-refractivity contribution >= 4 is 22.9 Å². The van der Waals surface area contributed by atoms with Gasteiger partial charge in [-0.1, -0.05) is 35.9 Å². The Hall–Kier alpha value is -2.86. The molecule has 0 unspecified atom stereocenters. The van der Waals surface area contributed by atoms with Crippen molar-refractivity contribution in [1.82, 2.24) is 20.2 Å². The molecule has 3 heterocycles. The van der Waals surface area contributed by atoms with Crippen molar-refractivity contribution in [2.45, 2.75) is 39.7 Å². The maximum atomic E-state index is 12.8. The highest BCUT2D eigenvalue weighted by Crippen LogP contribution is 2.25. The quantitative estimate of drug-likeness (QED) is 0.601. The lowest BCUT2D eigenvalue weighted by Gasteiger charge is -2.31. The number of benzene rings is 2. The van der Waals surface area contributed by atoms with E-state index in [-0.39, 0.29) is 11.8 Å². The van der Waals surface area contributed by atoms with Crippen LogP contribution in [0.4, 0.5) is 5.95 Å². The van der Waals surface area contributed by atoms with Gasteiger partial charge in [-0.3, -0.25) is 9.69 Å². The molecule has 1 aromatic heterocycles. The van der Waals surface area contributed by atoms with Gasteiger partial charge in [0.1, 0.15) is 0 Å². The van der Waals surface area contributed by atoms with Gasteiger partial charge < -0.3 is 15.2 Å². The number of aromatic nitrogens is 2. The second kappa shape index (κ2) is 9.56. The van der Waals surface area contributed by atoms with Gasteiger partial charge in [0.05, 0.1) is 11.0 Å². The van der Waals surface area contributed by atoms with Crippen LogP contribution in [0.3, 0.4) is 0 Å². The number of carbonyl (C=O) groups excluding carboxylic acids is 1. The SMILES string of the molecule is Cc1ccc(CN2CC[C@@H](CNC(=O)C3CCN(c4nc5ccc(C)cc5[nH]4)CC3)C2)cc1. The number of aromatic amines is 1. The van der Waals surface area contributed by atoms with Crippen LogP contribution in [0, 0.1) is 25.7 Å². The second-order valence-corrected chi connectivity index (χ2v) is 9.96. The van der Waals surface area contributed by atoms with E-state index in [1.807, 2.05) is 0 Å². The van der Waals surface area contributed by atoms with Crippen molar-refractivity contribution in [2.24, 2.45) is 11.8 Å². The summed E-state index contributed by atoms with van der Waals surface area (Å²) < 4.78 is 0. The van der Waals surface area contributed by atoms with E-state index in [0.717, 1.165) is 75.5 Å². The third-order valence-electron chi connectivity index (χ3n) is 7.25. The average Bonchev–Trinajstić information content (AvgIpc) is 3.45. The number of hydrogen-bond acceptors (Lipinski definition) is 4. The summed E-state index contributed by atoms with van der Waals surface area (Å²) in [5.74, 6) is 1.82. The molecule has 0 aliphatic carbocycles. The van der Waals surface area contributed by atoms with Crippen molar-refractivity contribution in [2.75, 3.05) is 37.6 Å². The van der Waals surface area contributed by atoms with Gasteiger partial charge in [0.2, 0.25) is 11.9 Å². The monoisotopic (exact) mass is 445 g/mol. The molecule has 2 aliphatic rings. The zero-order valence-corrected chi connectivity index (χ0v) is 19.8. The summed E-state index contributed by atoms with van der Waals surface area (Å²) in [4.78, 5) is 25.8. The minimum absolute atomic E-state index is 0.109. The molecule has 33 heavy (non-hydrogen) atoms. The van der Waals surface area contributed by atoms with Crippen LogP contribution in [-0.4, -0.2) is 53.5 Å². The van der Waals surface area contributed by atoms with E-state index in [1.165, 1.54) is 16.7 Å². The number of hydrogen-bond donors (Lipinski definition) is 2. The fourth-order valence-electron chi connectivity index (χ4n) is 5.18. The number of anilines is 1. The molecule has 5 rings (SSSR count). The van der Waals surface area contributed by atoms with Crippen LogP contribution in [0.25, 0.3) is 11.0 Å². The predicted molar refractivity (Wildman–Crippen MR) is 133 cm³/mol. The molecule has 3 aromatic rings. The number of nitrogens with zero attached hydrogens (tertiary/aromatic N) is 3. The van der Waals surface area contributed by atoms with Crippen molar-refractivity contribution in [1.29, 1.82) is 0 Å². The predicted octanol–water partition coefficient (Wildman–Crippen LogP) is 4.03. The topological polar surface area (TPSA) is 64.3 Å². The fourth-order valence-corrected chi connectivity index (χ4v) is 5.18. The first kappa shape index (κ1) is 22.0. The zero-order valence-electron chi connectivity index (χ0n) is 19.8. The number of imidazole rings is 1. The third-order valence-corrected chi connectivity index (χ3v) is 7.25. The minimum atomic E-state index is 0.109. The van der Waals surface area contributed by atoms with E-state index >= 15 is 0 Å². The third kappa shape index (κ3) is 5.22. The fraction of sp³-hybridized carbons (Fsp3) is 0.481. The Kier molecular flexibility index (Phi) is 6.36. The maximum absolute atomic E-state index is 12.8. The smallest absolute Gasteiger partial charge is 0.223 e. The summed E-state index contributed by atoms with van der Waals surface area (Å²) in [6.07, 6.45) is 2.92. The van der Waals surface area contributed by atoms with Crippen LogP contribution >= 0.6 is 0 Å². The number of rotatable bonds is 6. The number of aryl methyl sites for hydroxylation is 2. The van der Waals surface area contributed by atoms with Crippen molar-refractivity contribution in [3.05, 3.63) is 59.2 Å². The molecule has 0 radical (unpaired) electrons. The van der Waals surface area contributed by atoms with Gasteiger partial charge in [-0.05, 0) is 68.8 Å². The summed E-state index contributed by atoms with van der Waals surface area (Å²) in [7, 11) is 0. The number of nitrogens with one attached hydrogen (secondary N) is 2. The van der Waals surface area contributed by atoms with Gasteiger partial charge in [-0.15, -0.1) is 0 Å². The van der Waals surface area contributed by atoms with Gasteiger partial charge in [0.25, 0.3) is 0 Å². The summed E-state index contributed by atoms with van der Waals surface area (Å²) in [6, 6.07) is 15.1. The van der Waals surface area contributed by atoms with Gasteiger partial charge in [0.15, 0.2) is 0 Å². The van der Waals surface area contributed by atoms with E-state index in [0.29, 0.717) is 5.92 Å². The van der Waals surface area contributed by atoms with E-state index < -0.39 is 0 Å². The van der Waals surface area contributed by atoms with Crippen molar-refractivity contribution in [3.63, 3.8) is 0 Å². The number of piperidine rings is 1. The molecular formula is C27H35N5O. The molecule has 2 N–H and O–H groups in total. The Morgan fingerprint density at radius 2 is 1.79 bits per heavy atom. The zero-order chi connectivity index (χ0) is 22.8. The van der Waals surface area contributed by atoms with Crippen LogP contribution < -0.4 is 10.2 Å². The largest absolute Gasteiger partial charge is 0.356 e. The first-order chi connectivity index (χ1) is 16.0. The molecule has 2 saturated heterocycles. The van der Waals surface area contributed by atoms with Crippen LogP contribution in [0.15, 0.2) is 42.5 Å². The van der Waals surface area contributed by atoms with Crippen LogP contribution in [0.5, 0.6) is 0 Å². The van der Waals surface area contributed by atoms with E-state index in [9.17, 15) is 4.79 Å². The molecule has 0 saturated carbocycles. The van der Waals surface area contributed by atoms with Gasteiger partial charge in [0, 0.05) is 38.6 Å². The van der Waals surface area contributed by atoms with Crippen LogP contribution in [-0.2, 0) is 11.3 Å². The summed E-state index contributed by atoms with van der Waals surface area (Å²) >= 11 is 0. The number of H-pyrrole nitrogens is 1. The molecule has 2 fully saturated rings. The Balaban J connectivity index is 1.06. The lowest BCUT2D eigenvalue weighted by atomic mass is 9.96. The Morgan fingerprint density at radius 1 is 1.03 bits per heavy atom. The molecular weight excluding hydrogens is 410 g/mol. The Bertz CT molecular complexity index is 1100. The lowest BCUT2D eigenvalue weighted by Crippen LogP contribution is -2.42. The minimum Gasteiger partial charge on any atom is -0.356 e. The highest BCUT2D eigenvalue weighted by Gasteiger charge is 2.28. The van der Waals surface area contributed by atoms with Gasteiger partial charge in [-0.25, -0.2) is 4.98 Å². The number of carbonyl (C=O) groups is 1. The summed E-state index contributed by atoms with van der Waals surface area (Å²) in [5, 5.41) is 3.26. The normalized spacial score (nSPS) is 19.9. The first-order valence-electron chi connectivity index (χ1n) is 12.3.